The number of nitrogens with zero attached hydrogens (tertiary/aromatic N) is 1. The molecule has 158 valence electrons. The molecule has 1 aromatic carbocycles. The number of benzene rings is 1. The van der Waals surface area contributed by atoms with Gasteiger partial charge in [-0.2, -0.15) is 0 Å². The lowest BCUT2D eigenvalue weighted by molar-refractivity contribution is 0.0464. The molecular weight excluding hydrogens is 430 g/mol. The van der Waals surface area contributed by atoms with Gasteiger partial charge in [-0.1, -0.05) is 11.6 Å². The number of halogens is 1. The minimum Gasteiger partial charge on any atom is -0.467 e. The van der Waals surface area contributed by atoms with E-state index in [-0.39, 0.29) is 28.4 Å². The normalized spacial score (nSPS) is 16.6. The zero-order valence-corrected chi connectivity index (χ0v) is 17.6. The molecule has 1 aliphatic rings. The van der Waals surface area contributed by atoms with Gasteiger partial charge in [0, 0.05) is 18.2 Å². The fraction of sp³-hybridized carbons (Fsp3) is 0.286. The smallest absolute Gasteiger partial charge is 0.290 e. The lowest BCUT2D eigenvalue weighted by Gasteiger charge is -2.23. The molecule has 0 saturated carbocycles. The Kier molecular flexibility index (Phi) is 5.99. The van der Waals surface area contributed by atoms with Crippen molar-refractivity contribution in [2.45, 2.75) is 35.5 Å². The van der Waals surface area contributed by atoms with E-state index in [1.165, 1.54) is 42.7 Å². The number of sulfone groups is 1. The molecule has 30 heavy (non-hydrogen) atoms. The summed E-state index contributed by atoms with van der Waals surface area (Å²) in [4.78, 5) is 14.7. The minimum atomic E-state index is -3.91. The van der Waals surface area contributed by atoms with E-state index in [9.17, 15) is 13.2 Å². The number of carbonyl (C=O) groups is 1. The Bertz CT molecular complexity index is 1100. The third-order valence-corrected chi connectivity index (χ3v) is 6.74. The number of amides is 1. The van der Waals surface area contributed by atoms with Crippen LogP contribution in [-0.4, -0.2) is 38.5 Å². The lowest BCUT2D eigenvalue weighted by atomic mass is 10.2. The molecule has 1 atom stereocenters. The van der Waals surface area contributed by atoms with Gasteiger partial charge in [0.05, 0.1) is 23.8 Å². The molecule has 1 amide bonds. The van der Waals surface area contributed by atoms with Gasteiger partial charge in [0.25, 0.3) is 5.91 Å². The summed E-state index contributed by atoms with van der Waals surface area (Å²) in [5.74, 6) is 0.119. The van der Waals surface area contributed by atoms with Gasteiger partial charge in [0.1, 0.15) is 5.76 Å². The van der Waals surface area contributed by atoms with Gasteiger partial charge in [-0.15, -0.1) is 0 Å². The van der Waals surface area contributed by atoms with E-state index in [1.807, 2.05) is 0 Å². The van der Waals surface area contributed by atoms with Crippen molar-refractivity contribution in [1.29, 1.82) is 0 Å². The molecule has 9 heteroatoms. The van der Waals surface area contributed by atoms with Gasteiger partial charge >= 0.3 is 0 Å². The standard InChI is InChI=1S/C21H20ClNO6S/c22-15-5-7-18(8-6-15)30(25,26)20-10-9-19(29-20)21(24)23(13-16-3-1-11-27-16)14-17-4-2-12-28-17/h1,3,5-11,17H,2,4,12-14H2. The summed E-state index contributed by atoms with van der Waals surface area (Å²) < 4.78 is 42.1. The highest BCUT2D eigenvalue weighted by atomic mass is 35.5. The van der Waals surface area contributed by atoms with E-state index in [4.69, 9.17) is 25.2 Å². The summed E-state index contributed by atoms with van der Waals surface area (Å²) in [7, 11) is -3.91. The predicted molar refractivity (Wildman–Crippen MR) is 108 cm³/mol. The number of rotatable bonds is 7. The Morgan fingerprint density at radius 3 is 2.60 bits per heavy atom. The second-order valence-corrected chi connectivity index (χ2v) is 9.29. The molecular formula is C21H20ClNO6S. The van der Waals surface area contributed by atoms with Crippen LogP contribution in [0.3, 0.4) is 0 Å². The fourth-order valence-electron chi connectivity index (χ4n) is 3.31. The second-order valence-electron chi connectivity index (χ2n) is 6.98. The van der Waals surface area contributed by atoms with E-state index in [0.717, 1.165) is 12.8 Å². The molecule has 1 fully saturated rings. The molecule has 0 N–H and O–H groups in total. The van der Waals surface area contributed by atoms with Crippen molar-refractivity contribution in [3.05, 3.63) is 71.3 Å². The third-order valence-electron chi connectivity index (χ3n) is 4.84. The second kappa shape index (κ2) is 8.67. The zero-order chi connectivity index (χ0) is 21.1. The Labute approximate surface area is 179 Å². The quantitative estimate of drug-likeness (QED) is 0.537. The maximum Gasteiger partial charge on any atom is 0.290 e. The first-order valence-electron chi connectivity index (χ1n) is 9.47. The van der Waals surface area contributed by atoms with Crippen LogP contribution in [0.4, 0.5) is 0 Å². The topological polar surface area (TPSA) is 90.0 Å². The monoisotopic (exact) mass is 449 g/mol. The molecule has 3 aromatic rings. The Hall–Kier alpha value is -2.55. The predicted octanol–water partition coefficient (Wildman–Crippen LogP) is 4.18. The number of carbonyl (C=O) groups excluding carboxylic acids is 1. The van der Waals surface area contributed by atoms with E-state index in [1.54, 1.807) is 17.0 Å². The van der Waals surface area contributed by atoms with Crippen molar-refractivity contribution in [2.75, 3.05) is 13.2 Å². The van der Waals surface area contributed by atoms with E-state index in [0.29, 0.717) is 23.9 Å². The molecule has 0 bridgehead atoms. The summed E-state index contributed by atoms with van der Waals surface area (Å²) >= 11 is 5.83. The summed E-state index contributed by atoms with van der Waals surface area (Å²) in [6.07, 6.45) is 3.26. The number of ether oxygens (including phenoxy) is 1. The van der Waals surface area contributed by atoms with Crippen LogP contribution in [0.25, 0.3) is 0 Å². The molecule has 2 aromatic heterocycles. The van der Waals surface area contributed by atoms with E-state index < -0.39 is 15.7 Å². The Morgan fingerprint density at radius 2 is 1.93 bits per heavy atom. The van der Waals surface area contributed by atoms with Gasteiger partial charge < -0.3 is 18.5 Å². The first-order valence-corrected chi connectivity index (χ1v) is 11.3. The van der Waals surface area contributed by atoms with Crippen molar-refractivity contribution in [3.63, 3.8) is 0 Å². The first kappa shape index (κ1) is 20.7. The molecule has 1 unspecified atom stereocenters. The van der Waals surface area contributed by atoms with Crippen LogP contribution in [-0.2, 0) is 21.1 Å². The summed E-state index contributed by atoms with van der Waals surface area (Å²) in [5, 5.41) is 0.121. The molecule has 0 radical (unpaired) electrons. The summed E-state index contributed by atoms with van der Waals surface area (Å²) in [6, 6.07) is 11.9. The van der Waals surface area contributed by atoms with Crippen molar-refractivity contribution in [2.24, 2.45) is 0 Å². The SMILES string of the molecule is O=C(c1ccc(S(=O)(=O)c2ccc(Cl)cc2)o1)N(Cc1ccco1)CC1CCCO1. The minimum absolute atomic E-state index is 0.0343. The molecule has 1 aliphatic heterocycles. The largest absolute Gasteiger partial charge is 0.467 e. The average molecular weight is 450 g/mol. The van der Waals surface area contributed by atoms with Crippen LogP contribution < -0.4 is 0 Å². The van der Waals surface area contributed by atoms with E-state index >= 15 is 0 Å². The van der Waals surface area contributed by atoms with Crippen LogP contribution in [0.2, 0.25) is 5.02 Å². The number of furan rings is 2. The van der Waals surface area contributed by atoms with Gasteiger partial charge in [-0.05, 0) is 61.4 Å². The molecule has 4 rings (SSSR count). The molecule has 7 nitrogen and oxygen atoms in total. The third kappa shape index (κ3) is 4.45. The van der Waals surface area contributed by atoms with E-state index in [2.05, 4.69) is 0 Å². The lowest BCUT2D eigenvalue weighted by Crippen LogP contribution is -2.36. The highest BCUT2D eigenvalue weighted by Gasteiger charge is 2.28. The van der Waals surface area contributed by atoms with Gasteiger partial charge in [-0.25, -0.2) is 8.42 Å². The van der Waals surface area contributed by atoms with Crippen molar-refractivity contribution >= 4 is 27.3 Å². The van der Waals surface area contributed by atoms with Crippen LogP contribution in [0, 0.1) is 0 Å². The Balaban J connectivity index is 1.57. The average Bonchev–Trinajstić information content (AvgIpc) is 3.50. The van der Waals surface area contributed by atoms with Crippen molar-refractivity contribution < 1.29 is 26.8 Å². The summed E-state index contributed by atoms with van der Waals surface area (Å²) in [6.45, 7) is 1.25. The van der Waals surface area contributed by atoms with Crippen LogP contribution >= 0.6 is 11.6 Å². The fourth-order valence-corrected chi connectivity index (χ4v) is 4.61. The van der Waals surface area contributed by atoms with Crippen LogP contribution in [0.15, 0.2) is 73.6 Å². The zero-order valence-electron chi connectivity index (χ0n) is 16.0. The highest BCUT2D eigenvalue weighted by Crippen LogP contribution is 2.25. The van der Waals surface area contributed by atoms with Crippen molar-refractivity contribution in [3.8, 4) is 0 Å². The van der Waals surface area contributed by atoms with Crippen LogP contribution in [0.1, 0.15) is 29.2 Å². The highest BCUT2D eigenvalue weighted by molar-refractivity contribution is 7.91. The molecule has 0 spiro atoms. The number of hydrogen-bond acceptors (Lipinski definition) is 6. The van der Waals surface area contributed by atoms with Gasteiger partial charge in [0.15, 0.2) is 5.76 Å². The molecule has 1 saturated heterocycles. The summed E-state index contributed by atoms with van der Waals surface area (Å²) in [5.41, 5.74) is 0. The Morgan fingerprint density at radius 1 is 1.13 bits per heavy atom. The van der Waals surface area contributed by atoms with Gasteiger partial charge in [0.2, 0.25) is 14.9 Å². The van der Waals surface area contributed by atoms with Crippen LogP contribution in [0.5, 0.6) is 0 Å². The number of hydrogen-bond donors (Lipinski definition) is 0. The molecule has 3 heterocycles. The van der Waals surface area contributed by atoms with Gasteiger partial charge in [-0.3, -0.25) is 4.79 Å². The van der Waals surface area contributed by atoms with Crippen molar-refractivity contribution in [1.82, 2.24) is 4.90 Å². The maximum absolute atomic E-state index is 13.1. The first-order chi connectivity index (χ1) is 14.4. The molecule has 0 aliphatic carbocycles. The maximum atomic E-state index is 13.1.